The number of esters is 2. The van der Waals surface area contributed by atoms with E-state index in [0.717, 1.165) is 25.7 Å². The van der Waals surface area contributed by atoms with Crippen molar-refractivity contribution < 1.29 is 89.4 Å². The minimum Gasteiger partial charge on any atom is -0.507 e. The number of phenolic OH excluding ortho intramolecular Hbond substituents is 1. The first-order valence-electron chi connectivity index (χ1n) is 22.4. The largest absolute Gasteiger partial charge is 0.507 e. The molecule has 0 radical (unpaired) electrons. The Labute approximate surface area is 368 Å². The number of ether oxygens (including phenoxy) is 5. The third-order valence-electron chi connectivity index (χ3n) is 14.7. The van der Waals surface area contributed by atoms with E-state index in [0.29, 0.717) is 46.3 Å². The van der Waals surface area contributed by atoms with E-state index in [1.54, 1.807) is 27.7 Å². The number of hydrogen-bond donors (Lipinski definition) is 11. The molecule has 4 aliphatic rings. The summed E-state index contributed by atoms with van der Waals surface area (Å²) in [6.45, 7) is 13.6. The average Bonchev–Trinajstić information content (AvgIpc) is 3.69. The zero-order chi connectivity index (χ0) is 47.2. The number of fused-ring (bicyclic) bond motifs is 4. The SMILES string of the molecule is Cc1c(C)c2c(c(C)c1O)CC1([C@]3(O)C(O)(OC(=O)CCC(=O)OC4(O)O[C@H](CO)[C@@H](O)[C@H](O)[C@H]4O)O[C@H](CO)[C@H](O)[C@@]13O)[C@](C)(CCC[C@H](C)CCC[C@@H](C)CCCC(C)C)O2. The lowest BCUT2D eigenvalue weighted by molar-refractivity contribution is -0.440. The molecule has 0 aromatic heterocycles. The van der Waals surface area contributed by atoms with Gasteiger partial charge in [0.25, 0.3) is 0 Å². The first kappa shape index (κ1) is 51.3. The van der Waals surface area contributed by atoms with Crippen molar-refractivity contribution in [2.24, 2.45) is 23.2 Å². The number of benzene rings is 1. The number of phenols is 1. The van der Waals surface area contributed by atoms with Crippen molar-refractivity contribution in [2.45, 2.75) is 198 Å². The fourth-order valence-corrected chi connectivity index (χ4v) is 10.6. The molecule has 360 valence electrons. The van der Waals surface area contributed by atoms with Crippen LogP contribution >= 0.6 is 0 Å². The van der Waals surface area contributed by atoms with Crippen LogP contribution in [0.1, 0.15) is 128 Å². The van der Waals surface area contributed by atoms with Gasteiger partial charge in [0.1, 0.15) is 53.2 Å². The number of carbonyl (C=O) groups is 2. The lowest BCUT2D eigenvalue weighted by Gasteiger charge is -2.47. The second kappa shape index (κ2) is 18.9. The maximum Gasteiger partial charge on any atom is 0.361 e. The molecule has 3 unspecified atom stereocenters. The van der Waals surface area contributed by atoms with E-state index in [1.165, 1.54) is 19.3 Å². The summed E-state index contributed by atoms with van der Waals surface area (Å²) in [4.78, 5) is 26.3. The molecule has 1 saturated carbocycles. The fourth-order valence-electron chi connectivity index (χ4n) is 10.6. The summed E-state index contributed by atoms with van der Waals surface area (Å²) in [5.74, 6) is -7.76. The van der Waals surface area contributed by atoms with Gasteiger partial charge >= 0.3 is 23.9 Å². The number of rotatable bonds is 19. The molecule has 0 amide bonds. The monoisotopic (exact) mass is 900 g/mol. The van der Waals surface area contributed by atoms with Crippen LogP contribution in [0.4, 0.5) is 0 Å². The van der Waals surface area contributed by atoms with Crippen LogP contribution in [0.2, 0.25) is 0 Å². The Morgan fingerprint density at radius 1 is 0.714 bits per heavy atom. The van der Waals surface area contributed by atoms with Gasteiger partial charge < -0.3 is 79.9 Å². The molecule has 11 N–H and O–H groups in total. The summed E-state index contributed by atoms with van der Waals surface area (Å²) in [6.07, 6.45) is -6.15. The van der Waals surface area contributed by atoms with E-state index >= 15 is 0 Å². The first-order valence-corrected chi connectivity index (χ1v) is 22.4. The minimum atomic E-state index is -3.51. The van der Waals surface area contributed by atoms with Crippen molar-refractivity contribution in [2.75, 3.05) is 13.2 Å². The van der Waals surface area contributed by atoms with Crippen molar-refractivity contribution >= 4 is 11.9 Å². The van der Waals surface area contributed by atoms with Crippen LogP contribution in [-0.2, 0) is 35.0 Å². The average molecular weight is 901 g/mol. The molecule has 1 spiro atoms. The summed E-state index contributed by atoms with van der Waals surface area (Å²) >= 11 is 0. The first-order chi connectivity index (χ1) is 29.3. The Morgan fingerprint density at radius 2 is 1.25 bits per heavy atom. The van der Waals surface area contributed by atoms with E-state index in [4.69, 9.17) is 23.7 Å². The highest BCUT2D eigenvalue weighted by Gasteiger charge is 3.04. The summed E-state index contributed by atoms with van der Waals surface area (Å²) in [7, 11) is 0. The Balaban J connectivity index is 1.40. The maximum atomic E-state index is 13.5. The van der Waals surface area contributed by atoms with E-state index in [2.05, 4.69) is 27.7 Å². The smallest absolute Gasteiger partial charge is 0.361 e. The Morgan fingerprint density at radius 3 is 1.81 bits per heavy atom. The van der Waals surface area contributed by atoms with Gasteiger partial charge in [-0.15, -0.1) is 0 Å². The summed E-state index contributed by atoms with van der Waals surface area (Å²) < 4.78 is 27.5. The van der Waals surface area contributed by atoms with Gasteiger partial charge in [0.15, 0.2) is 6.10 Å². The van der Waals surface area contributed by atoms with E-state index in [1.807, 2.05) is 0 Å². The van der Waals surface area contributed by atoms with Crippen molar-refractivity contribution in [1.29, 1.82) is 0 Å². The van der Waals surface area contributed by atoms with Crippen LogP contribution in [0.3, 0.4) is 0 Å². The number of carbonyl (C=O) groups excluding carboxylic acids is 2. The molecule has 3 fully saturated rings. The Hall–Kier alpha value is -2.72. The molecule has 18 nitrogen and oxygen atoms in total. The lowest BCUT2D eigenvalue weighted by Crippen LogP contribution is -2.67. The van der Waals surface area contributed by atoms with Crippen molar-refractivity contribution in [1.82, 2.24) is 0 Å². The van der Waals surface area contributed by atoms with E-state index in [9.17, 15) is 65.8 Å². The van der Waals surface area contributed by atoms with Gasteiger partial charge in [0.05, 0.1) is 31.5 Å². The standard InChI is InChI=1S/C45H72O18/c1-23(2)12-9-13-24(3)14-10-15-25(4)16-11-19-40(8)41(20-29-28(7)34(50)26(5)27(6)37(29)63-40)42(55)38(53)31(22-47)60-45(58,44(41,42)57)62-33(49)18-17-32(48)61-43(56)39(54)36(52)35(51)30(21-46)59-43/h23-25,30-31,35-36,38-39,46-47,50-58H,9-22H2,1-8H3/t24-,25+,30+,31+,35+,36-,38-,39+,40-,41?,42+,43?,44+,45?/m0/s1. The normalized spacial score (nSPS) is 38.1. The molecule has 0 bridgehead atoms. The number of hydrogen-bond acceptors (Lipinski definition) is 18. The summed E-state index contributed by atoms with van der Waals surface area (Å²) in [5.41, 5.74) is -7.86. The predicted molar refractivity (Wildman–Crippen MR) is 221 cm³/mol. The summed E-state index contributed by atoms with van der Waals surface area (Å²) in [5, 5.41) is 122. The van der Waals surface area contributed by atoms with Crippen LogP contribution in [0.5, 0.6) is 11.5 Å². The molecule has 3 heterocycles. The molecule has 3 aliphatic heterocycles. The van der Waals surface area contributed by atoms with Gasteiger partial charge in [-0.1, -0.05) is 72.6 Å². The zero-order valence-electron chi connectivity index (χ0n) is 37.9. The van der Waals surface area contributed by atoms with E-state index in [-0.39, 0.29) is 24.5 Å². The highest BCUT2D eigenvalue weighted by molar-refractivity contribution is 5.78. The minimum absolute atomic E-state index is 0.0775. The van der Waals surface area contributed by atoms with Gasteiger partial charge in [-0.05, 0) is 81.4 Å². The Kier molecular flexibility index (Phi) is 15.4. The molecule has 18 heteroatoms. The molecule has 2 saturated heterocycles. The number of aliphatic hydroxyl groups excluding tert-OH is 6. The molecular formula is C45H72O18. The molecule has 14 atom stereocenters. The lowest BCUT2D eigenvalue weighted by atomic mass is 9.69. The van der Waals surface area contributed by atoms with Gasteiger partial charge in [-0.2, -0.15) is 0 Å². The molecule has 1 aromatic carbocycles. The van der Waals surface area contributed by atoms with Crippen LogP contribution < -0.4 is 4.74 Å². The van der Waals surface area contributed by atoms with Gasteiger partial charge in [-0.3, -0.25) is 9.59 Å². The number of aromatic hydroxyl groups is 1. The van der Waals surface area contributed by atoms with Crippen molar-refractivity contribution in [3.8, 4) is 11.5 Å². The van der Waals surface area contributed by atoms with Crippen LogP contribution in [0.15, 0.2) is 0 Å². The van der Waals surface area contributed by atoms with Gasteiger partial charge in [-0.25, -0.2) is 0 Å². The Bertz CT molecular complexity index is 1810. The highest BCUT2D eigenvalue weighted by Crippen LogP contribution is 2.81. The second-order valence-electron chi connectivity index (χ2n) is 19.5. The number of aliphatic hydroxyl groups is 10. The third-order valence-corrected chi connectivity index (χ3v) is 14.7. The molecule has 5 rings (SSSR count). The predicted octanol–water partition coefficient (Wildman–Crippen LogP) is 1.30. The van der Waals surface area contributed by atoms with Crippen LogP contribution in [-0.4, -0.2) is 147 Å². The van der Waals surface area contributed by atoms with Crippen LogP contribution in [0, 0.1) is 43.9 Å². The quantitative estimate of drug-likeness (QED) is 0.0689. The fraction of sp³-hybridized carbons (Fsp3) is 0.822. The second-order valence-corrected chi connectivity index (χ2v) is 19.5. The van der Waals surface area contributed by atoms with Gasteiger partial charge in [0, 0.05) is 5.56 Å². The van der Waals surface area contributed by atoms with E-state index < -0.39 is 109 Å². The van der Waals surface area contributed by atoms with Crippen molar-refractivity contribution in [3.05, 3.63) is 22.3 Å². The third kappa shape index (κ3) is 8.61. The maximum absolute atomic E-state index is 13.5. The zero-order valence-corrected chi connectivity index (χ0v) is 37.9. The molecular weight excluding hydrogens is 828 g/mol. The summed E-state index contributed by atoms with van der Waals surface area (Å²) in [6, 6.07) is 0. The highest BCUT2D eigenvalue weighted by atomic mass is 16.9. The van der Waals surface area contributed by atoms with Crippen molar-refractivity contribution in [3.63, 3.8) is 0 Å². The topological polar surface area (TPSA) is 303 Å². The van der Waals surface area contributed by atoms with Gasteiger partial charge in [0.2, 0.25) is 5.60 Å². The molecule has 63 heavy (non-hydrogen) atoms. The van der Waals surface area contributed by atoms with Crippen LogP contribution in [0.25, 0.3) is 0 Å². The molecule has 1 aliphatic carbocycles. The molecule has 1 aromatic rings.